The van der Waals surface area contributed by atoms with Crippen LogP contribution >= 0.6 is 0 Å². The van der Waals surface area contributed by atoms with Gasteiger partial charge in [-0.2, -0.15) is 0 Å². The molecule has 106 valence electrons. The second kappa shape index (κ2) is 6.10. The molecule has 1 heterocycles. The monoisotopic (exact) mass is 277 g/mol. The molecular formula is C14H15NO5. The minimum Gasteiger partial charge on any atom is -0.497 e. The van der Waals surface area contributed by atoms with Crippen molar-refractivity contribution >= 4 is 5.97 Å². The zero-order valence-corrected chi connectivity index (χ0v) is 11.3. The van der Waals surface area contributed by atoms with Gasteiger partial charge in [-0.15, -0.1) is 0 Å². The Morgan fingerprint density at radius 3 is 2.85 bits per heavy atom. The number of hydrogen-bond acceptors (Lipinski definition) is 5. The highest BCUT2D eigenvalue weighted by atomic mass is 16.5. The van der Waals surface area contributed by atoms with Crippen LogP contribution in [-0.2, 0) is 17.8 Å². The number of aromatic nitrogens is 1. The Kier molecular flexibility index (Phi) is 4.24. The second-order valence-electron chi connectivity index (χ2n) is 4.15. The van der Waals surface area contributed by atoms with Gasteiger partial charge < -0.3 is 19.0 Å². The van der Waals surface area contributed by atoms with Crippen LogP contribution in [0.4, 0.5) is 0 Å². The van der Waals surface area contributed by atoms with Crippen LogP contribution in [0, 0.1) is 6.92 Å². The van der Waals surface area contributed by atoms with Crippen molar-refractivity contribution in [3.8, 4) is 11.5 Å². The van der Waals surface area contributed by atoms with Gasteiger partial charge in [0.1, 0.15) is 17.3 Å². The summed E-state index contributed by atoms with van der Waals surface area (Å²) in [6, 6.07) is 7.16. The number of nitrogens with zero attached hydrogens (tertiary/aromatic N) is 1. The molecule has 6 heteroatoms. The van der Waals surface area contributed by atoms with E-state index in [9.17, 15) is 4.79 Å². The van der Waals surface area contributed by atoms with E-state index in [0.29, 0.717) is 28.8 Å². The molecule has 0 radical (unpaired) electrons. The Hall–Kier alpha value is -2.50. The minimum absolute atomic E-state index is 0.133. The normalized spacial score (nSPS) is 10.3. The van der Waals surface area contributed by atoms with Crippen molar-refractivity contribution in [3.63, 3.8) is 0 Å². The van der Waals surface area contributed by atoms with Gasteiger partial charge >= 0.3 is 5.97 Å². The van der Waals surface area contributed by atoms with Gasteiger partial charge in [-0.3, -0.25) is 4.79 Å². The van der Waals surface area contributed by atoms with Crippen LogP contribution in [0.1, 0.15) is 17.3 Å². The maximum atomic E-state index is 10.7. The van der Waals surface area contributed by atoms with Gasteiger partial charge in [-0.25, -0.2) is 4.98 Å². The lowest BCUT2D eigenvalue weighted by Crippen LogP contribution is -2.02. The first-order valence-electron chi connectivity index (χ1n) is 6.02. The van der Waals surface area contributed by atoms with E-state index in [1.165, 1.54) is 0 Å². The molecular weight excluding hydrogens is 262 g/mol. The first-order chi connectivity index (χ1) is 9.58. The van der Waals surface area contributed by atoms with Gasteiger partial charge in [0.25, 0.3) is 0 Å². The van der Waals surface area contributed by atoms with E-state index >= 15 is 0 Å². The summed E-state index contributed by atoms with van der Waals surface area (Å²) in [5.74, 6) is 1.22. The summed E-state index contributed by atoms with van der Waals surface area (Å²) in [5, 5.41) is 8.74. The molecule has 0 aliphatic carbocycles. The summed E-state index contributed by atoms with van der Waals surface area (Å²) in [5.41, 5.74) is 0.418. The number of carboxylic acid groups (broad SMARTS) is 1. The molecule has 1 aromatic heterocycles. The molecule has 0 spiro atoms. The lowest BCUT2D eigenvalue weighted by molar-refractivity contribution is -0.136. The quantitative estimate of drug-likeness (QED) is 0.871. The predicted octanol–water partition coefficient (Wildman–Crippen LogP) is 2.20. The molecule has 1 N–H and O–H groups in total. The van der Waals surface area contributed by atoms with E-state index in [4.69, 9.17) is 19.0 Å². The Bertz CT molecular complexity index is 605. The van der Waals surface area contributed by atoms with E-state index in [1.807, 2.05) is 12.1 Å². The van der Waals surface area contributed by atoms with Crippen LogP contribution in [0.3, 0.4) is 0 Å². The lowest BCUT2D eigenvalue weighted by atomic mass is 10.3. The topological polar surface area (TPSA) is 81.8 Å². The van der Waals surface area contributed by atoms with Gasteiger partial charge in [-0.05, 0) is 19.1 Å². The van der Waals surface area contributed by atoms with Gasteiger partial charge in [0, 0.05) is 6.07 Å². The Labute approximate surface area is 116 Å². The van der Waals surface area contributed by atoms with Crippen LogP contribution < -0.4 is 9.47 Å². The summed E-state index contributed by atoms with van der Waals surface area (Å²) in [6.07, 6.45) is -0.158. The number of aliphatic carboxylic acids is 1. The number of carbonyl (C=O) groups is 1. The number of aryl methyl sites for hydroxylation is 1. The minimum atomic E-state index is -0.943. The molecule has 1 aromatic carbocycles. The third-order valence-corrected chi connectivity index (χ3v) is 2.66. The number of carboxylic acids is 1. The molecule has 6 nitrogen and oxygen atoms in total. The first-order valence-corrected chi connectivity index (χ1v) is 6.02. The summed E-state index contributed by atoms with van der Waals surface area (Å²) in [6.45, 7) is 1.81. The highest BCUT2D eigenvalue weighted by Gasteiger charge is 2.13. The Morgan fingerprint density at radius 1 is 1.40 bits per heavy atom. The van der Waals surface area contributed by atoms with Gasteiger partial charge in [0.15, 0.2) is 6.61 Å². The average molecular weight is 277 g/mol. The molecule has 0 fully saturated rings. The van der Waals surface area contributed by atoms with Gasteiger partial charge in [0.05, 0.1) is 19.2 Å². The van der Waals surface area contributed by atoms with E-state index in [-0.39, 0.29) is 13.0 Å². The summed E-state index contributed by atoms with van der Waals surface area (Å²) >= 11 is 0. The third-order valence-electron chi connectivity index (χ3n) is 2.66. The highest BCUT2D eigenvalue weighted by Crippen LogP contribution is 2.20. The van der Waals surface area contributed by atoms with Crippen molar-refractivity contribution in [3.05, 3.63) is 41.6 Å². The molecule has 0 aliphatic rings. The zero-order valence-electron chi connectivity index (χ0n) is 11.3. The molecule has 20 heavy (non-hydrogen) atoms. The average Bonchev–Trinajstić information content (AvgIpc) is 2.76. The smallest absolute Gasteiger partial charge is 0.309 e. The van der Waals surface area contributed by atoms with Crippen molar-refractivity contribution in [2.45, 2.75) is 20.0 Å². The number of methoxy groups -OCH3 is 1. The standard InChI is InChI=1S/C14H15NO5/c1-9-12(7-14(16)17)15-13(20-9)8-19-11-5-3-4-10(6-11)18-2/h3-6H,7-8H2,1-2H3,(H,16,17). The van der Waals surface area contributed by atoms with Gasteiger partial charge in [0.2, 0.25) is 5.89 Å². The first kappa shape index (κ1) is 13.9. The molecule has 0 saturated carbocycles. The van der Waals surface area contributed by atoms with Crippen molar-refractivity contribution in [2.24, 2.45) is 0 Å². The van der Waals surface area contributed by atoms with E-state index in [2.05, 4.69) is 4.98 Å². The molecule has 0 unspecified atom stereocenters. The zero-order chi connectivity index (χ0) is 14.5. The molecule has 0 atom stereocenters. The molecule has 2 aromatic rings. The molecule has 0 amide bonds. The summed E-state index contributed by atoms with van der Waals surface area (Å²) < 4.78 is 16.0. The van der Waals surface area contributed by atoms with Gasteiger partial charge in [-0.1, -0.05) is 6.07 Å². The molecule has 0 saturated heterocycles. The number of benzene rings is 1. The fraction of sp³-hybridized carbons (Fsp3) is 0.286. The van der Waals surface area contributed by atoms with E-state index in [1.54, 1.807) is 26.2 Å². The molecule has 0 bridgehead atoms. The maximum Gasteiger partial charge on any atom is 0.309 e. The number of oxazole rings is 1. The fourth-order valence-corrected chi connectivity index (χ4v) is 1.69. The van der Waals surface area contributed by atoms with Crippen LogP contribution in [0.15, 0.2) is 28.7 Å². The maximum absolute atomic E-state index is 10.7. The number of rotatable bonds is 6. The van der Waals surface area contributed by atoms with Crippen molar-refractivity contribution in [1.29, 1.82) is 0 Å². The fourth-order valence-electron chi connectivity index (χ4n) is 1.69. The van der Waals surface area contributed by atoms with E-state index < -0.39 is 5.97 Å². The van der Waals surface area contributed by atoms with Crippen molar-refractivity contribution in [1.82, 2.24) is 4.98 Å². The van der Waals surface area contributed by atoms with Crippen LogP contribution in [0.5, 0.6) is 11.5 Å². The van der Waals surface area contributed by atoms with E-state index in [0.717, 1.165) is 0 Å². The van der Waals surface area contributed by atoms with Crippen LogP contribution in [-0.4, -0.2) is 23.2 Å². The van der Waals surface area contributed by atoms with Crippen LogP contribution in [0.25, 0.3) is 0 Å². The Balaban J connectivity index is 2.01. The molecule has 0 aliphatic heterocycles. The highest BCUT2D eigenvalue weighted by molar-refractivity contribution is 5.69. The summed E-state index contributed by atoms with van der Waals surface area (Å²) in [4.78, 5) is 14.8. The SMILES string of the molecule is COc1cccc(OCc2nc(CC(=O)O)c(C)o2)c1. The molecule has 2 rings (SSSR count). The predicted molar refractivity (Wildman–Crippen MR) is 69.9 cm³/mol. The third kappa shape index (κ3) is 3.50. The van der Waals surface area contributed by atoms with Crippen molar-refractivity contribution < 1.29 is 23.8 Å². The number of ether oxygens (including phenoxy) is 2. The number of hydrogen-bond donors (Lipinski definition) is 1. The lowest BCUT2D eigenvalue weighted by Gasteiger charge is -2.05. The largest absolute Gasteiger partial charge is 0.497 e. The Morgan fingerprint density at radius 2 is 2.15 bits per heavy atom. The van der Waals surface area contributed by atoms with Crippen LogP contribution in [0.2, 0.25) is 0 Å². The van der Waals surface area contributed by atoms with Crippen molar-refractivity contribution in [2.75, 3.05) is 7.11 Å². The summed E-state index contributed by atoms with van der Waals surface area (Å²) in [7, 11) is 1.58. The second-order valence-corrected chi connectivity index (χ2v) is 4.15.